The standard InChI is InChI=1S/C12H9F3N2O2S/c1-5-10(11(18)19-2)20-12(16-5)17-7-4-3-6(13)8(14)9(7)15/h3-4H,1-2H3,(H,16,17). The summed E-state index contributed by atoms with van der Waals surface area (Å²) < 4.78 is 43.9. The van der Waals surface area contributed by atoms with Gasteiger partial charge >= 0.3 is 5.97 Å². The molecule has 0 amide bonds. The van der Waals surface area contributed by atoms with E-state index in [1.54, 1.807) is 6.92 Å². The molecule has 1 aromatic heterocycles. The van der Waals surface area contributed by atoms with Gasteiger partial charge in [-0.3, -0.25) is 0 Å². The Hall–Kier alpha value is -2.09. The molecule has 2 aromatic rings. The van der Waals surface area contributed by atoms with E-state index in [0.717, 1.165) is 23.5 Å². The van der Waals surface area contributed by atoms with Crippen molar-refractivity contribution in [2.75, 3.05) is 12.4 Å². The molecule has 1 N–H and O–H groups in total. The summed E-state index contributed by atoms with van der Waals surface area (Å²) in [6.07, 6.45) is 0. The fourth-order valence-corrected chi connectivity index (χ4v) is 2.37. The van der Waals surface area contributed by atoms with E-state index in [1.165, 1.54) is 7.11 Å². The predicted octanol–water partition coefficient (Wildman–Crippen LogP) is 3.40. The van der Waals surface area contributed by atoms with Crippen LogP contribution in [0.4, 0.5) is 24.0 Å². The monoisotopic (exact) mass is 302 g/mol. The second-order valence-corrected chi connectivity index (χ2v) is 4.77. The fourth-order valence-electron chi connectivity index (χ4n) is 1.47. The second kappa shape index (κ2) is 5.49. The maximum Gasteiger partial charge on any atom is 0.350 e. The summed E-state index contributed by atoms with van der Waals surface area (Å²) in [5, 5.41) is 2.67. The van der Waals surface area contributed by atoms with Crippen LogP contribution in [0.5, 0.6) is 0 Å². The van der Waals surface area contributed by atoms with Crippen molar-refractivity contribution in [3.63, 3.8) is 0 Å². The Kier molecular flexibility index (Phi) is 3.93. The Morgan fingerprint density at radius 3 is 2.65 bits per heavy atom. The van der Waals surface area contributed by atoms with Crippen molar-refractivity contribution in [3.8, 4) is 0 Å². The van der Waals surface area contributed by atoms with Crippen molar-refractivity contribution < 1.29 is 22.7 Å². The minimum atomic E-state index is -1.57. The highest BCUT2D eigenvalue weighted by molar-refractivity contribution is 7.17. The lowest BCUT2D eigenvalue weighted by molar-refractivity contribution is 0.0605. The van der Waals surface area contributed by atoms with Gasteiger partial charge in [-0.15, -0.1) is 0 Å². The van der Waals surface area contributed by atoms with Crippen LogP contribution in [0.25, 0.3) is 0 Å². The van der Waals surface area contributed by atoms with E-state index in [1.807, 2.05) is 0 Å². The molecular weight excluding hydrogens is 293 g/mol. The number of rotatable bonds is 3. The lowest BCUT2D eigenvalue weighted by Gasteiger charge is -2.04. The Labute approximate surface area is 116 Å². The van der Waals surface area contributed by atoms with Gasteiger partial charge in [-0.25, -0.2) is 22.9 Å². The van der Waals surface area contributed by atoms with Gasteiger partial charge in [0.15, 0.2) is 22.6 Å². The van der Waals surface area contributed by atoms with Gasteiger partial charge in [0, 0.05) is 0 Å². The van der Waals surface area contributed by atoms with Gasteiger partial charge in [-0.05, 0) is 19.1 Å². The summed E-state index contributed by atoms with van der Waals surface area (Å²) in [6.45, 7) is 1.58. The van der Waals surface area contributed by atoms with Crippen LogP contribution < -0.4 is 5.32 Å². The zero-order chi connectivity index (χ0) is 14.9. The molecule has 0 aliphatic rings. The van der Waals surface area contributed by atoms with Crippen molar-refractivity contribution in [2.45, 2.75) is 6.92 Å². The average Bonchev–Trinajstić information content (AvgIpc) is 2.79. The SMILES string of the molecule is COC(=O)c1sc(Nc2ccc(F)c(F)c2F)nc1C. The van der Waals surface area contributed by atoms with Crippen LogP contribution >= 0.6 is 11.3 Å². The molecule has 0 saturated carbocycles. The number of nitrogens with zero attached hydrogens (tertiary/aromatic N) is 1. The van der Waals surface area contributed by atoms with Crippen LogP contribution in [0.3, 0.4) is 0 Å². The maximum atomic E-state index is 13.5. The first-order valence-electron chi connectivity index (χ1n) is 5.40. The summed E-state index contributed by atoms with van der Waals surface area (Å²) in [6, 6.07) is 1.84. The molecule has 1 heterocycles. The smallest absolute Gasteiger partial charge is 0.350 e. The molecule has 2 rings (SSSR count). The summed E-state index contributed by atoms with van der Waals surface area (Å²) in [5.41, 5.74) is 0.126. The zero-order valence-corrected chi connectivity index (χ0v) is 11.3. The van der Waals surface area contributed by atoms with Gasteiger partial charge in [0.2, 0.25) is 0 Å². The number of benzene rings is 1. The number of aromatic nitrogens is 1. The van der Waals surface area contributed by atoms with Gasteiger partial charge in [0.1, 0.15) is 4.88 Å². The van der Waals surface area contributed by atoms with Crippen LogP contribution in [0.2, 0.25) is 0 Å². The molecule has 4 nitrogen and oxygen atoms in total. The Morgan fingerprint density at radius 1 is 1.30 bits per heavy atom. The van der Waals surface area contributed by atoms with Gasteiger partial charge in [-0.2, -0.15) is 0 Å². The zero-order valence-electron chi connectivity index (χ0n) is 10.5. The third kappa shape index (κ3) is 2.60. The number of aryl methyl sites for hydroxylation is 1. The Bertz CT molecular complexity index is 673. The van der Waals surface area contributed by atoms with E-state index < -0.39 is 23.4 Å². The van der Waals surface area contributed by atoms with Gasteiger partial charge in [-0.1, -0.05) is 11.3 Å². The largest absolute Gasteiger partial charge is 0.465 e. The number of esters is 1. The molecular formula is C12H9F3N2O2S. The number of nitrogens with one attached hydrogen (secondary N) is 1. The van der Waals surface area contributed by atoms with Crippen molar-refractivity contribution in [3.05, 3.63) is 40.2 Å². The summed E-state index contributed by atoms with van der Waals surface area (Å²) in [7, 11) is 1.23. The van der Waals surface area contributed by atoms with Gasteiger partial charge < -0.3 is 10.1 Å². The Balaban J connectivity index is 2.32. The fraction of sp³-hybridized carbons (Fsp3) is 0.167. The average molecular weight is 302 g/mol. The first-order chi connectivity index (χ1) is 9.43. The van der Waals surface area contributed by atoms with Crippen molar-refractivity contribution in [1.29, 1.82) is 0 Å². The first-order valence-corrected chi connectivity index (χ1v) is 6.22. The highest BCUT2D eigenvalue weighted by Crippen LogP contribution is 2.28. The molecule has 20 heavy (non-hydrogen) atoms. The number of carbonyl (C=O) groups excluding carboxylic acids is 1. The first kappa shape index (κ1) is 14.3. The number of halogens is 3. The minimum Gasteiger partial charge on any atom is -0.465 e. The van der Waals surface area contributed by atoms with E-state index in [0.29, 0.717) is 5.69 Å². The third-order valence-corrected chi connectivity index (χ3v) is 3.50. The van der Waals surface area contributed by atoms with E-state index in [-0.39, 0.29) is 15.7 Å². The molecule has 0 unspecified atom stereocenters. The van der Waals surface area contributed by atoms with Crippen LogP contribution in [-0.2, 0) is 4.74 Å². The number of carbonyl (C=O) groups is 1. The molecule has 0 saturated heterocycles. The van der Waals surface area contributed by atoms with Gasteiger partial charge in [0.25, 0.3) is 0 Å². The van der Waals surface area contributed by atoms with Crippen LogP contribution in [-0.4, -0.2) is 18.1 Å². The highest BCUT2D eigenvalue weighted by atomic mass is 32.1. The topological polar surface area (TPSA) is 51.2 Å². The quantitative estimate of drug-likeness (QED) is 0.697. The molecule has 0 aliphatic heterocycles. The van der Waals surface area contributed by atoms with Crippen LogP contribution in [0.1, 0.15) is 15.4 Å². The summed E-state index contributed by atoms with van der Waals surface area (Å²) in [5.74, 6) is -4.77. The number of hydrogen-bond donors (Lipinski definition) is 1. The maximum absolute atomic E-state index is 13.5. The molecule has 0 atom stereocenters. The molecule has 0 fully saturated rings. The van der Waals surface area contributed by atoms with Crippen molar-refractivity contribution >= 4 is 28.1 Å². The van der Waals surface area contributed by atoms with Crippen molar-refractivity contribution in [1.82, 2.24) is 4.98 Å². The number of ether oxygens (including phenoxy) is 1. The molecule has 0 bridgehead atoms. The number of methoxy groups -OCH3 is 1. The van der Waals surface area contributed by atoms with Crippen molar-refractivity contribution in [2.24, 2.45) is 0 Å². The predicted molar refractivity (Wildman–Crippen MR) is 67.8 cm³/mol. The number of anilines is 2. The minimum absolute atomic E-state index is 0.174. The molecule has 1 aromatic carbocycles. The normalized spacial score (nSPS) is 10.4. The molecule has 0 radical (unpaired) electrons. The third-order valence-electron chi connectivity index (χ3n) is 2.44. The summed E-state index contributed by atoms with van der Waals surface area (Å²) in [4.78, 5) is 15.6. The number of hydrogen-bond acceptors (Lipinski definition) is 5. The second-order valence-electron chi connectivity index (χ2n) is 3.77. The Morgan fingerprint density at radius 2 is 2.00 bits per heavy atom. The van der Waals surface area contributed by atoms with Crippen LogP contribution in [0.15, 0.2) is 12.1 Å². The lowest BCUT2D eigenvalue weighted by atomic mass is 10.3. The molecule has 0 aliphatic carbocycles. The summed E-state index contributed by atoms with van der Waals surface area (Å²) >= 11 is 0.926. The van der Waals surface area contributed by atoms with E-state index in [9.17, 15) is 18.0 Å². The molecule has 8 heteroatoms. The highest BCUT2D eigenvalue weighted by Gasteiger charge is 2.18. The van der Waals surface area contributed by atoms with E-state index in [2.05, 4.69) is 15.0 Å². The molecule has 0 spiro atoms. The number of thiazole rings is 1. The van der Waals surface area contributed by atoms with Crippen LogP contribution in [0, 0.1) is 24.4 Å². The van der Waals surface area contributed by atoms with E-state index in [4.69, 9.17) is 0 Å². The molecule has 106 valence electrons. The lowest BCUT2D eigenvalue weighted by Crippen LogP contribution is -1.99. The van der Waals surface area contributed by atoms with Gasteiger partial charge in [0.05, 0.1) is 18.5 Å². The van der Waals surface area contributed by atoms with E-state index >= 15 is 0 Å².